The molecule has 0 amide bonds. The molecule has 29 heavy (non-hydrogen) atoms. The summed E-state index contributed by atoms with van der Waals surface area (Å²) in [6.07, 6.45) is -0.259. The number of carbonyl (C=O) groups excluding carboxylic acids is 1. The first kappa shape index (κ1) is 21.4. The molecule has 0 aliphatic rings. The number of sulfone groups is 1. The van der Waals surface area contributed by atoms with Crippen LogP contribution in [0.15, 0.2) is 77.7 Å². The highest BCUT2D eigenvalue weighted by Crippen LogP contribution is 2.37. The lowest BCUT2D eigenvalue weighted by Gasteiger charge is -2.19. The Morgan fingerprint density at radius 2 is 1.62 bits per heavy atom. The summed E-state index contributed by atoms with van der Waals surface area (Å²) < 4.78 is 31.8. The third-order valence-electron chi connectivity index (χ3n) is 4.54. The van der Waals surface area contributed by atoms with Gasteiger partial charge in [-0.05, 0) is 54.1 Å². The van der Waals surface area contributed by atoms with E-state index in [0.717, 1.165) is 0 Å². The second-order valence-corrected chi connectivity index (χ2v) is 9.34. The van der Waals surface area contributed by atoms with Gasteiger partial charge in [-0.3, -0.25) is 4.79 Å². The van der Waals surface area contributed by atoms with Gasteiger partial charge in [0.2, 0.25) is 0 Å². The van der Waals surface area contributed by atoms with E-state index in [1.54, 1.807) is 54.6 Å². The summed E-state index contributed by atoms with van der Waals surface area (Å²) in [5, 5.41) is -0.565. The number of ether oxygens (including phenoxy) is 1. The van der Waals surface area contributed by atoms with E-state index in [9.17, 15) is 13.2 Å². The number of halogens is 2. The van der Waals surface area contributed by atoms with E-state index >= 15 is 0 Å². The van der Waals surface area contributed by atoms with Crippen molar-refractivity contribution in [3.63, 3.8) is 0 Å². The van der Waals surface area contributed by atoms with Gasteiger partial charge in [0.15, 0.2) is 15.6 Å². The Morgan fingerprint density at radius 1 is 0.966 bits per heavy atom. The van der Waals surface area contributed by atoms with Gasteiger partial charge in [-0.2, -0.15) is 0 Å². The van der Waals surface area contributed by atoms with Crippen molar-refractivity contribution in [2.45, 2.75) is 16.6 Å². The van der Waals surface area contributed by atoms with Crippen LogP contribution in [-0.4, -0.2) is 21.3 Å². The molecule has 0 saturated carbocycles. The van der Waals surface area contributed by atoms with Crippen molar-refractivity contribution in [2.24, 2.45) is 0 Å². The molecule has 1 unspecified atom stereocenters. The largest absolute Gasteiger partial charge is 0.497 e. The average molecular weight is 449 g/mol. The van der Waals surface area contributed by atoms with Gasteiger partial charge in [-0.25, -0.2) is 8.42 Å². The Morgan fingerprint density at radius 3 is 2.21 bits per heavy atom. The van der Waals surface area contributed by atoms with Crippen molar-refractivity contribution >= 4 is 38.8 Å². The molecule has 4 nitrogen and oxygen atoms in total. The van der Waals surface area contributed by atoms with Crippen molar-refractivity contribution in [2.75, 3.05) is 7.11 Å². The minimum atomic E-state index is -3.88. The minimum Gasteiger partial charge on any atom is -0.497 e. The van der Waals surface area contributed by atoms with Crippen LogP contribution in [0.4, 0.5) is 0 Å². The maximum absolute atomic E-state index is 13.4. The van der Waals surface area contributed by atoms with Crippen LogP contribution in [-0.2, 0) is 9.84 Å². The molecule has 0 N–H and O–H groups in total. The van der Waals surface area contributed by atoms with E-state index in [2.05, 4.69) is 0 Å². The van der Waals surface area contributed by atoms with Gasteiger partial charge in [-0.15, -0.1) is 0 Å². The van der Waals surface area contributed by atoms with Crippen molar-refractivity contribution in [1.29, 1.82) is 0 Å². The third-order valence-corrected chi connectivity index (χ3v) is 7.20. The monoisotopic (exact) mass is 448 g/mol. The Balaban J connectivity index is 2.04. The Bertz CT molecular complexity index is 1110. The van der Waals surface area contributed by atoms with Gasteiger partial charge < -0.3 is 4.74 Å². The number of methoxy groups -OCH3 is 1. The fourth-order valence-corrected chi connectivity index (χ4v) is 5.37. The molecule has 7 heteroatoms. The molecular formula is C22H18Cl2O4S. The Kier molecular flexibility index (Phi) is 6.63. The number of ketones is 1. The van der Waals surface area contributed by atoms with Gasteiger partial charge in [0, 0.05) is 22.0 Å². The second kappa shape index (κ2) is 8.99. The zero-order chi connectivity index (χ0) is 21.0. The summed E-state index contributed by atoms with van der Waals surface area (Å²) >= 11 is 12.3. The molecule has 0 aliphatic carbocycles. The van der Waals surface area contributed by atoms with E-state index in [1.807, 2.05) is 0 Å². The molecule has 1 atom stereocenters. The molecule has 0 saturated heterocycles. The van der Waals surface area contributed by atoms with E-state index < -0.39 is 15.1 Å². The highest BCUT2D eigenvalue weighted by Gasteiger charge is 2.33. The van der Waals surface area contributed by atoms with Crippen LogP contribution in [0.3, 0.4) is 0 Å². The zero-order valence-electron chi connectivity index (χ0n) is 15.5. The molecule has 0 aliphatic heterocycles. The van der Waals surface area contributed by atoms with Gasteiger partial charge in [-0.1, -0.05) is 47.5 Å². The molecule has 0 radical (unpaired) electrons. The topological polar surface area (TPSA) is 60.4 Å². The van der Waals surface area contributed by atoms with Crippen molar-refractivity contribution < 1.29 is 17.9 Å². The van der Waals surface area contributed by atoms with Crippen molar-refractivity contribution in [1.82, 2.24) is 0 Å². The highest BCUT2D eigenvalue weighted by atomic mass is 35.5. The van der Waals surface area contributed by atoms with Crippen LogP contribution < -0.4 is 4.74 Å². The predicted molar refractivity (Wildman–Crippen MR) is 115 cm³/mol. The van der Waals surface area contributed by atoms with Crippen LogP contribution >= 0.6 is 23.2 Å². The summed E-state index contributed by atoms with van der Waals surface area (Å²) in [6, 6.07) is 19.1. The van der Waals surface area contributed by atoms with Gasteiger partial charge in [0.1, 0.15) is 5.75 Å². The second-order valence-electron chi connectivity index (χ2n) is 6.37. The summed E-state index contributed by atoms with van der Waals surface area (Å²) in [7, 11) is -2.35. The number of Topliss-reactive ketones (excluding diaryl/α,β-unsaturated/α-hetero) is 1. The molecule has 3 aromatic carbocycles. The highest BCUT2D eigenvalue weighted by molar-refractivity contribution is 7.91. The first-order valence-electron chi connectivity index (χ1n) is 8.74. The smallest absolute Gasteiger partial charge is 0.185 e. The van der Waals surface area contributed by atoms with Crippen LogP contribution in [0.2, 0.25) is 10.0 Å². The van der Waals surface area contributed by atoms with E-state index in [1.165, 1.54) is 25.3 Å². The SMILES string of the molecule is COc1ccc(C(=O)CC(c2ccc(Cl)cc2Cl)S(=O)(=O)c2ccccc2)cc1. The Hall–Kier alpha value is -2.34. The van der Waals surface area contributed by atoms with Gasteiger partial charge in [0.05, 0.1) is 17.3 Å². The molecule has 0 bridgehead atoms. The molecule has 3 rings (SSSR count). The van der Waals surface area contributed by atoms with E-state index in [4.69, 9.17) is 27.9 Å². The molecule has 0 fully saturated rings. The predicted octanol–water partition coefficient (Wildman–Crippen LogP) is 5.79. The third kappa shape index (κ3) is 4.81. The zero-order valence-corrected chi connectivity index (χ0v) is 17.8. The normalized spacial score (nSPS) is 12.4. The molecule has 3 aromatic rings. The number of rotatable bonds is 7. The standard InChI is InChI=1S/C22H18Cl2O4S/c1-28-17-10-7-15(8-11-17)21(25)14-22(19-12-9-16(23)13-20(19)24)29(26,27)18-5-3-2-4-6-18/h2-13,22H,14H2,1H3. The van der Waals surface area contributed by atoms with Crippen molar-refractivity contribution in [3.05, 3.63) is 94.0 Å². The van der Waals surface area contributed by atoms with Crippen LogP contribution in [0.5, 0.6) is 5.75 Å². The summed E-state index contributed by atoms with van der Waals surface area (Å²) in [5.74, 6) is 0.291. The molecule has 0 aromatic heterocycles. The fraction of sp³-hybridized carbons (Fsp3) is 0.136. The van der Waals surface area contributed by atoms with E-state index in [-0.39, 0.29) is 22.1 Å². The summed E-state index contributed by atoms with van der Waals surface area (Å²) in [4.78, 5) is 13.0. The molecule has 0 heterocycles. The molecular weight excluding hydrogens is 431 g/mol. The van der Waals surface area contributed by atoms with Crippen LogP contribution in [0.25, 0.3) is 0 Å². The lowest BCUT2D eigenvalue weighted by Crippen LogP contribution is -2.18. The Labute approximate surface area is 180 Å². The van der Waals surface area contributed by atoms with E-state index in [0.29, 0.717) is 21.9 Å². The molecule has 0 spiro atoms. The van der Waals surface area contributed by atoms with Crippen LogP contribution in [0.1, 0.15) is 27.6 Å². The quantitative estimate of drug-likeness (QED) is 0.429. The maximum atomic E-state index is 13.4. The number of hydrogen-bond acceptors (Lipinski definition) is 4. The summed E-state index contributed by atoms with van der Waals surface area (Å²) in [6.45, 7) is 0. The number of benzene rings is 3. The lowest BCUT2D eigenvalue weighted by molar-refractivity contribution is 0.0980. The lowest BCUT2D eigenvalue weighted by atomic mass is 10.0. The average Bonchev–Trinajstić information content (AvgIpc) is 2.73. The first-order chi connectivity index (χ1) is 13.8. The number of carbonyl (C=O) groups is 1. The maximum Gasteiger partial charge on any atom is 0.185 e. The number of hydrogen-bond donors (Lipinski definition) is 0. The summed E-state index contributed by atoms with van der Waals surface area (Å²) in [5.41, 5.74) is 0.728. The van der Waals surface area contributed by atoms with Crippen molar-refractivity contribution in [3.8, 4) is 5.75 Å². The van der Waals surface area contributed by atoms with Crippen LogP contribution in [0, 0.1) is 0 Å². The minimum absolute atomic E-state index is 0.124. The fourth-order valence-electron chi connectivity index (χ4n) is 2.99. The molecule has 150 valence electrons. The van der Waals surface area contributed by atoms with Gasteiger partial charge in [0.25, 0.3) is 0 Å². The van der Waals surface area contributed by atoms with Gasteiger partial charge >= 0.3 is 0 Å². The first-order valence-corrected chi connectivity index (χ1v) is 11.0.